The third-order valence-corrected chi connectivity index (χ3v) is 14.4. The van der Waals surface area contributed by atoms with Gasteiger partial charge in [-0.15, -0.1) is 0 Å². The molecule has 0 aliphatic carbocycles. The molecular weight excluding hydrogens is 813 g/mol. The van der Waals surface area contributed by atoms with Crippen molar-refractivity contribution < 1.29 is 53.3 Å². The molecule has 0 spiro atoms. The summed E-state index contributed by atoms with van der Waals surface area (Å²) in [5.74, 6) is 25.8. The molecule has 7 fully saturated rings. The molecule has 7 aliphatic heterocycles. The first kappa shape index (κ1) is 49.7. The fraction of sp³-hybridized carbons (Fsp3) is 0.698. The summed E-state index contributed by atoms with van der Waals surface area (Å²) >= 11 is 0. The van der Waals surface area contributed by atoms with Crippen LogP contribution in [0.2, 0.25) is 0 Å². The molecule has 18 atom stereocenters. The first-order valence-electron chi connectivity index (χ1n) is 23.4. The standard InChI is InChI=1S/C41H62O11.C12H6/c1-20-12-29-8-10-32-21(2)13-28(47-32)7-6-25(43)16-35-24(5)39-41(52-35)38(46)40-33(51-39)11-9-30(49-40)14-26(44)15-31-23(4)34(17-27(45)19-42)50-37(31)18-36(48-29)22(20)3;1-3-5-7-9-11-12-10-8-6-4-2/h20,23-24,27-42,45-46H,2-3,6-19H2,1,4-5H3;1-2H3/t20-,23-,24+,27+,28?,29+,30?,31-,32+,33+,34-,35-,36?,37+,38+,39+,40+,41+;/m1./s1. The summed E-state index contributed by atoms with van der Waals surface area (Å²) in [6, 6.07) is 0. The van der Waals surface area contributed by atoms with E-state index in [1.165, 1.54) is 0 Å². The molecule has 8 bridgehead atoms. The summed E-state index contributed by atoms with van der Waals surface area (Å²) < 4.78 is 39.1. The van der Waals surface area contributed by atoms with Crippen LogP contribution in [-0.2, 0) is 38.0 Å². The molecule has 3 N–H and O–H groups in total. The van der Waals surface area contributed by atoms with E-state index < -0.39 is 24.4 Å². The maximum absolute atomic E-state index is 13.8. The second-order valence-corrected chi connectivity index (χ2v) is 18.8. The zero-order valence-electron chi connectivity index (χ0n) is 38.3. The number of hydrogen-bond acceptors (Lipinski definition) is 11. The van der Waals surface area contributed by atoms with Gasteiger partial charge < -0.3 is 43.7 Å². The van der Waals surface area contributed by atoms with Gasteiger partial charge in [0, 0.05) is 44.4 Å². The van der Waals surface area contributed by atoms with Gasteiger partial charge in [-0.05, 0) is 135 Å². The van der Waals surface area contributed by atoms with E-state index in [9.17, 15) is 24.9 Å². The number of rotatable bonds is 3. The Balaban J connectivity index is 0.000000497. The predicted octanol–water partition coefficient (Wildman–Crippen LogP) is 5.21. The van der Waals surface area contributed by atoms with Gasteiger partial charge in [0.25, 0.3) is 0 Å². The van der Waals surface area contributed by atoms with E-state index in [1.54, 1.807) is 13.8 Å². The highest BCUT2D eigenvalue weighted by Crippen LogP contribution is 2.45. The number of fused-ring (bicyclic) bond motifs is 7. The first-order valence-corrected chi connectivity index (χ1v) is 23.4. The molecule has 64 heavy (non-hydrogen) atoms. The third kappa shape index (κ3) is 12.8. The van der Waals surface area contributed by atoms with Crippen LogP contribution in [-0.4, -0.2) is 119 Å². The van der Waals surface area contributed by atoms with Crippen molar-refractivity contribution in [3.63, 3.8) is 0 Å². The SMILES string of the molecule is C=C1C2C[C@@H]3O[C@H](C[C@H](O)CO)[C@H](C)[C@H]3CC(=O)CC3CC[C@@H]4O[C@H]5[C@@H](C)[C@@H](CC(=O)CCC6CC(=C)[C@H](CC[C@@H](C[C@H]1C)O2)O6)O[C@H]5[C@@H](O)[C@H]4O3.CC#CC#CC#CC#CC#CC. The number of aliphatic hydroxyl groups is 3. The highest BCUT2D eigenvalue weighted by molar-refractivity contribution is 5.79. The molecule has 11 heteroatoms. The number of carbonyl (C=O) groups is 2. The van der Waals surface area contributed by atoms with Crippen LogP contribution in [0.1, 0.15) is 118 Å². The topological polar surface area (TPSA) is 150 Å². The number of Topliss-reactive ketones (excluding diaryl/α,β-unsaturated/α-hetero) is 2. The maximum atomic E-state index is 13.8. The molecular formula is C53H68O11. The van der Waals surface area contributed by atoms with Crippen molar-refractivity contribution >= 4 is 11.6 Å². The molecule has 7 saturated heterocycles. The molecule has 3 unspecified atom stereocenters. The van der Waals surface area contributed by atoms with Crippen LogP contribution in [0.25, 0.3) is 0 Å². The van der Waals surface area contributed by atoms with Crippen LogP contribution in [0, 0.1) is 82.9 Å². The molecule has 346 valence electrons. The highest BCUT2D eigenvalue weighted by Gasteiger charge is 2.56. The van der Waals surface area contributed by atoms with Gasteiger partial charge in [-0.1, -0.05) is 45.8 Å². The molecule has 7 heterocycles. The zero-order chi connectivity index (χ0) is 45.9. The Labute approximate surface area is 381 Å². The van der Waals surface area contributed by atoms with Gasteiger partial charge in [-0.25, -0.2) is 0 Å². The van der Waals surface area contributed by atoms with Crippen LogP contribution >= 0.6 is 0 Å². The van der Waals surface area contributed by atoms with Gasteiger partial charge in [0.1, 0.15) is 29.9 Å². The molecule has 0 aromatic heterocycles. The quantitative estimate of drug-likeness (QED) is 0.254. The van der Waals surface area contributed by atoms with Gasteiger partial charge in [0.15, 0.2) is 0 Å². The van der Waals surface area contributed by atoms with E-state index in [0.717, 1.165) is 36.8 Å². The fourth-order valence-corrected chi connectivity index (χ4v) is 10.7. The van der Waals surface area contributed by atoms with Crippen molar-refractivity contribution in [2.24, 2.45) is 23.7 Å². The average Bonchev–Trinajstić information content (AvgIpc) is 3.89. The lowest BCUT2D eigenvalue weighted by Crippen LogP contribution is -2.60. The Morgan fingerprint density at radius 2 is 1.27 bits per heavy atom. The molecule has 0 saturated carbocycles. The minimum atomic E-state index is -0.922. The Kier molecular flexibility index (Phi) is 18.3. The number of ketones is 2. The van der Waals surface area contributed by atoms with E-state index in [-0.39, 0.29) is 116 Å². The van der Waals surface area contributed by atoms with Crippen molar-refractivity contribution in [2.45, 2.75) is 204 Å². The molecule has 7 aliphatic rings. The molecule has 0 aromatic rings. The molecule has 0 aromatic carbocycles. The summed E-state index contributed by atoms with van der Waals surface area (Å²) in [6.07, 6.45) is 1.93. The minimum absolute atomic E-state index is 0.0158. The highest BCUT2D eigenvalue weighted by atomic mass is 16.6. The van der Waals surface area contributed by atoms with Gasteiger partial charge >= 0.3 is 0 Å². The van der Waals surface area contributed by atoms with Crippen LogP contribution in [0.3, 0.4) is 0 Å². The molecule has 7 rings (SSSR count). The van der Waals surface area contributed by atoms with E-state index >= 15 is 0 Å². The Morgan fingerprint density at radius 1 is 0.625 bits per heavy atom. The second-order valence-electron chi connectivity index (χ2n) is 18.8. The molecule has 0 radical (unpaired) electrons. The number of aliphatic hydroxyl groups excluding tert-OH is 3. The van der Waals surface area contributed by atoms with Crippen molar-refractivity contribution in [1.82, 2.24) is 0 Å². The summed E-state index contributed by atoms with van der Waals surface area (Å²) in [4.78, 5) is 27.1. The minimum Gasteiger partial charge on any atom is -0.394 e. The van der Waals surface area contributed by atoms with Crippen LogP contribution in [0.15, 0.2) is 24.3 Å². The predicted molar refractivity (Wildman–Crippen MR) is 241 cm³/mol. The number of ether oxygens (including phenoxy) is 6. The Hall–Kier alpha value is -3.74. The Morgan fingerprint density at radius 3 is 1.95 bits per heavy atom. The lowest BCUT2D eigenvalue weighted by atomic mass is 9.78. The third-order valence-electron chi connectivity index (χ3n) is 14.4. The van der Waals surface area contributed by atoms with Crippen molar-refractivity contribution in [3.05, 3.63) is 24.3 Å². The first-order chi connectivity index (χ1) is 30.8. The van der Waals surface area contributed by atoms with E-state index in [2.05, 4.69) is 86.2 Å². The van der Waals surface area contributed by atoms with E-state index in [0.29, 0.717) is 44.9 Å². The zero-order valence-corrected chi connectivity index (χ0v) is 38.3. The van der Waals surface area contributed by atoms with Gasteiger partial charge in [0.05, 0.1) is 73.8 Å². The summed E-state index contributed by atoms with van der Waals surface area (Å²) in [5.41, 5.74) is 2.10. The Bertz CT molecular complexity index is 1960. The van der Waals surface area contributed by atoms with E-state index in [1.807, 2.05) is 6.92 Å². The number of hydrogen-bond donors (Lipinski definition) is 3. The summed E-state index contributed by atoms with van der Waals surface area (Å²) in [5, 5.41) is 31.5. The lowest BCUT2D eigenvalue weighted by molar-refractivity contribution is -0.256. The van der Waals surface area contributed by atoms with Crippen molar-refractivity contribution in [2.75, 3.05) is 6.61 Å². The van der Waals surface area contributed by atoms with Gasteiger partial charge in [0.2, 0.25) is 0 Å². The van der Waals surface area contributed by atoms with E-state index in [4.69, 9.17) is 28.4 Å². The van der Waals surface area contributed by atoms with Gasteiger partial charge in [-0.3, -0.25) is 9.59 Å². The van der Waals surface area contributed by atoms with Crippen LogP contribution in [0.5, 0.6) is 0 Å². The van der Waals surface area contributed by atoms with Crippen molar-refractivity contribution in [1.29, 1.82) is 0 Å². The second kappa shape index (κ2) is 23.6. The largest absolute Gasteiger partial charge is 0.394 e. The average molecular weight is 881 g/mol. The summed E-state index contributed by atoms with van der Waals surface area (Å²) in [7, 11) is 0. The van der Waals surface area contributed by atoms with Crippen molar-refractivity contribution in [3.8, 4) is 59.2 Å². The van der Waals surface area contributed by atoms with Gasteiger partial charge in [-0.2, -0.15) is 0 Å². The van der Waals surface area contributed by atoms with Crippen LogP contribution in [0.4, 0.5) is 0 Å². The molecule has 0 amide bonds. The van der Waals surface area contributed by atoms with Crippen LogP contribution < -0.4 is 0 Å². The fourth-order valence-electron chi connectivity index (χ4n) is 10.7. The maximum Gasteiger partial charge on any atom is 0.135 e. The normalized spacial score (nSPS) is 40.0. The summed E-state index contributed by atoms with van der Waals surface area (Å²) in [6.45, 7) is 18.2. The lowest BCUT2D eigenvalue weighted by Gasteiger charge is -2.46. The smallest absolute Gasteiger partial charge is 0.135 e. The monoisotopic (exact) mass is 880 g/mol. The number of carbonyl (C=O) groups excluding carboxylic acids is 2. The molecule has 11 nitrogen and oxygen atoms in total.